The highest BCUT2D eigenvalue weighted by Crippen LogP contribution is 2.36. The molecule has 2 aromatic heterocycles. The lowest BCUT2D eigenvalue weighted by Gasteiger charge is -2.32. The zero-order valence-electron chi connectivity index (χ0n) is 21.2. The molecule has 7 nitrogen and oxygen atoms in total. The van der Waals surface area contributed by atoms with E-state index in [9.17, 15) is 31.5 Å². The first-order valence-corrected chi connectivity index (χ1v) is 12.7. The standard InChI is InChI=1S/C28H26F5N5O2/c29-24(30)16-37-9-7-21(8-10-37)35-26(39)20-3-1-2-17(12-20)15-38-11-6-19-13-18(4-5-22(19)27(38)40)23-14-34-36-25(23)28(31,32)33/h1-6,11-14,21,24H,7-10,15-16H2,(H,34,36)(H,35,39). The number of nitrogens with zero attached hydrogens (tertiary/aromatic N) is 3. The van der Waals surface area contributed by atoms with Crippen LogP contribution < -0.4 is 10.9 Å². The zero-order valence-corrected chi connectivity index (χ0v) is 21.2. The lowest BCUT2D eigenvalue weighted by molar-refractivity contribution is -0.140. The number of fused-ring (bicyclic) bond motifs is 1. The third-order valence-corrected chi connectivity index (χ3v) is 7.06. The first-order chi connectivity index (χ1) is 19.1. The van der Waals surface area contributed by atoms with Crippen LogP contribution in [0.15, 0.2) is 65.7 Å². The van der Waals surface area contributed by atoms with Crippen LogP contribution in [0.1, 0.15) is 34.5 Å². The van der Waals surface area contributed by atoms with Crippen LogP contribution in [0.5, 0.6) is 0 Å². The minimum Gasteiger partial charge on any atom is -0.349 e. The molecule has 0 aliphatic carbocycles. The molecule has 0 unspecified atom stereocenters. The van der Waals surface area contributed by atoms with Gasteiger partial charge in [-0.2, -0.15) is 18.3 Å². The Morgan fingerprint density at radius 3 is 2.60 bits per heavy atom. The Bertz CT molecular complexity index is 1570. The van der Waals surface area contributed by atoms with Gasteiger partial charge in [-0.1, -0.05) is 18.2 Å². The van der Waals surface area contributed by atoms with Crippen LogP contribution in [-0.4, -0.2) is 57.7 Å². The maximum atomic E-state index is 13.3. The molecule has 1 aliphatic rings. The molecule has 3 heterocycles. The number of likely N-dealkylation sites (tertiary alicyclic amines) is 1. The maximum Gasteiger partial charge on any atom is 0.435 e. The molecule has 0 spiro atoms. The summed E-state index contributed by atoms with van der Waals surface area (Å²) in [5, 5.41) is 9.36. The summed E-state index contributed by atoms with van der Waals surface area (Å²) in [7, 11) is 0. The topological polar surface area (TPSA) is 83.0 Å². The number of halogens is 5. The predicted molar refractivity (Wildman–Crippen MR) is 139 cm³/mol. The summed E-state index contributed by atoms with van der Waals surface area (Å²) in [6.45, 7) is 0.908. The summed E-state index contributed by atoms with van der Waals surface area (Å²) >= 11 is 0. The number of carbonyl (C=O) groups is 1. The number of aromatic nitrogens is 3. The van der Waals surface area contributed by atoms with Gasteiger partial charge in [-0.25, -0.2) is 8.78 Å². The van der Waals surface area contributed by atoms with Crippen molar-refractivity contribution in [1.82, 2.24) is 25.0 Å². The lowest BCUT2D eigenvalue weighted by Crippen LogP contribution is -2.45. The summed E-state index contributed by atoms with van der Waals surface area (Å²) in [4.78, 5) is 27.7. The van der Waals surface area contributed by atoms with Crippen molar-refractivity contribution in [2.24, 2.45) is 0 Å². The van der Waals surface area contributed by atoms with Crippen LogP contribution >= 0.6 is 0 Å². The summed E-state index contributed by atoms with van der Waals surface area (Å²) in [6.07, 6.45) is -3.09. The number of piperidine rings is 1. The monoisotopic (exact) mass is 559 g/mol. The van der Waals surface area contributed by atoms with E-state index in [1.807, 2.05) is 0 Å². The van der Waals surface area contributed by atoms with Crippen molar-refractivity contribution in [3.63, 3.8) is 0 Å². The Morgan fingerprint density at radius 2 is 1.88 bits per heavy atom. The van der Waals surface area contributed by atoms with E-state index >= 15 is 0 Å². The number of alkyl halides is 5. The van der Waals surface area contributed by atoms with Crippen molar-refractivity contribution in [2.45, 2.75) is 38.0 Å². The number of aromatic amines is 1. The summed E-state index contributed by atoms with van der Waals surface area (Å²) < 4.78 is 66.5. The van der Waals surface area contributed by atoms with Crippen molar-refractivity contribution in [2.75, 3.05) is 19.6 Å². The molecule has 40 heavy (non-hydrogen) atoms. The molecule has 0 atom stereocenters. The number of hydrogen-bond acceptors (Lipinski definition) is 4. The van der Waals surface area contributed by atoms with Gasteiger partial charge in [-0.15, -0.1) is 0 Å². The summed E-state index contributed by atoms with van der Waals surface area (Å²) in [5.41, 5.74) is -0.0345. The average molecular weight is 560 g/mol. The fourth-order valence-corrected chi connectivity index (χ4v) is 5.04. The highest BCUT2D eigenvalue weighted by molar-refractivity contribution is 5.94. The molecule has 0 bridgehead atoms. The molecule has 5 rings (SSSR count). The molecular formula is C28H26F5N5O2. The van der Waals surface area contributed by atoms with E-state index in [0.29, 0.717) is 47.8 Å². The largest absolute Gasteiger partial charge is 0.435 e. The Hall–Kier alpha value is -4.06. The van der Waals surface area contributed by atoms with Gasteiger partial charge >= 0.3 is 6.18 Å². The quantitative estimate of drug-likeness (QED) is 0.315. The molecular weight excluding hydrogens is 533 g/mol. The SMILES string of the molecule is O=C(NC1CCN(CC(F)F)CC1)c1cccc(Cn2ccc3cc(-c4c[nH]nc4C(F)(F)F)ccc3c2=O)c1. The molecule has 1 fully saturated rings. The minimum atomic E-state index is -4.62. The van der Waals surface area contributed by atoms with Crippen LogP contribution in [-0.2, 0) is 12.7 Å². The third kappa shape index (κ3) is 6.06. The third-order valence-electron chi connectivity index (χ3n) is 7.06. The Kier molecular flexibility index (Phi) is 7.70. The first-order valence-electron chi connectivity index (χ1n) is 12.7. The molecule has 1 saturated heterocycles. The summed E-state index contributed by atoms with van der Waals surface area (Å²) in [6, 6.07) is 12.9. The second-order valence-corrected chi connectivity index (χ2v) is 9.84. The number of rotatable bonds is 7. The number of benzene rings is 2. The molecule has 4 aromatic rings. The Morgan fingerprint density at radius 1 is 1.10 bits per heavy atom. The second kappa shape index (κ2) is 11.2. The van der Waals surface area contributed by atoms with Gasteiger partial charge in [0.15, 0.2) is 5.69 Å². The molecule has 2 N–H and O–H groups in total. The Balaban J connectivity index is 1.29. The van der Waals surface area contributed by atoms with Gasteiger partial charge in [0.05, 0.1) is 13.1 Å². The van der Waals surface area contributed by atoms with Crippen molar-refractivity contribution in [3.05, 3.63) is 88.1 Å². The number of H-pyrrole nitrogens is 1. The maximum absolute atomic E-state index is 13.3. The van der Waals surface area contributed by atoms with Gasteiger partial charge in [-0.05, 0) is 59.7 Å². The van der Waals surface area contributed by atoms with Crippen molar-refractivity contribution < 1.29 is 26.7 Å². The van der Waals surface area contributed by atoms with Gasteiger partial charge in [0.1, 0.15) is 0 Å². The highest BCUT2D eigenvalue weighted by atomic mass is 19.4. The van der Waals surface area contributed by atoms with Gasteiger partial charge < -0.3 is 9.88 Å². The van der Waals surface area contributed by atoms with Crippen LogP contribution in [0.3, 0.4) is 0 Å². The van der Waals surface area contributed by atoms with Crippen molar-refractivity contribution in [1.29, 1.82) is 0 Å². The number of nitrogens with one attached hydrogen (secondary N) is 2. The van der Waals surface area contributed by atoms with E-state index in [4.69, 9.17) is 0 Å². The van der Waals surface area contributed by atoms with Gasteiger partial charge in [-0.3, -0.25) is 19.6 Å². The number of carbonyl (C=O) groups excluding carboxylic acids is 1. The van der Waals surface area contributed by atoms with Gasteiger partial charge in [0.25, 0.3) is 17.9 Å². The normalized spacial score (nSPS) is 15.2. The predicted octanol–water partition coefficient (Wildman–Crippen LogP) is 4.92. The van der Waals surface area contributed by atoms with E-state index in [1.54, 1.807) is 41.4 Å². The number of amides is 1. The van der Waals surface area contributed by atoms with Crippen LogP contribution in [0.2, 0.25) is 0 Å². The van der Waals surface area contributed by atoms with Gasteiger partial charge in [0, 0.05) is 48.0 Å². The molecule has 0 radical (unpaired) electrons. The lowest BCUT2D eigenvalue weighted by atomic mass is 10.0. The molecule has 0 saturated carbocycles. The van der Waals surface area contributed by atoms with E-state index < -0.39 is 18.3 Å². The number of pyridine rings is 1. The molecule has 210 valence electrons. The molecule has 2 aromatic carbocycles. The first kappa shape index (κ1) is 27.5. The van der Waals surface area contributed by atoms with Gasteiger partial charge in [0.2, 0.25) is 0 Å². The smallest absolute Gasteiger partial charge is 0.349 e. The fraction of sp³-hybridized carbons (Fsp3) is 0.321. The van der Waals surface area contributed by atoms with E-state index in [-0.39, 0.29) is 41.7 Å². The fourth-order valence-electron chi connectivity index (χ4n) is 5.04. The molecule has 1 aliphatic heterocycles. The second-order valence-electron chi connectivity index (χ2n) is 9.84. The van der Waals surface area contributed by atoms with E-state index in [1.165, 1.54) is 29.0 Å². The van der Waals surface area contributed by atoms with Crippen LogP contribution in [0.4, 0.5) is 22.0 Å². The number of hydrogen-bond donors (Lipinski definition) is 2. The highest BCUT2D eigenvalue weighted by Gasteiger charge is 2.36. The molecule has 12 heteroatoms. The molecule has 1 amide bonds. The zero-order chi connectivity index (χ0) is 28.4. The van der Waals surface area contributed by atoms with E-state index in [0.717, 1.165) is 0 Å². The van der Waals surface area contributed by atoms with Crippen molar-refractivity contribution in [3.8, 4) is 11.1 Å². The van der Waals surface area contributed by atoms with Crippen molar-refractivity contribution >= 4 is 16.7 Å². The van der Waals surface area contributed by atoms with Crippen LogP contribution in [0.25, 0.3) is 21.9 Å². The Labute approximate surface area is 225 Å². The van der Waals surface area contributed by atoms with E-state index in [2.05, 4.69) is 15.5 Å². The average Bonchev–Trinajstić information content (AvgIpc) is 3.42. The summed E-state index contributed by atoms with van der Waals surface area (Å²) in [5.74, 6) is -0.273. The minimum absolute atomic E-state index is 0.104. The van der Waals surface area contributed by atoms with Crippen LogP contribution in [0, 0.1) is 0 Å².